The molecule has 0 spiro atoms. The van der Waals surface area contributed by atoms with E-state index in [2.05, 4.69) is 44.7 Å². The lowest BCUT2D eigenvalue weighted by molar-refractivity contribution is 0.0171. The van der Waals surface area contributed by atoms with Crippen LogP contribution in [0.25, 0.3) is 0 Å². The molecular weight excluding hydrogens is 668 g/mol. The van der Waals surface area contributed by atoms with Gasteiger partial charge in [-0.05, 0) is 92.6 Å². The van der Waals surface area contributed by atoms with Crippen molar-refractivity contribution >= 4 is 35.0 Å². The summed E-state index contributed by atoms with van der Waals surface area (Å²) in [5.41, 5.74) is 3.87. The largest absolute Gasteiger partial charge is 0.444 e. The second kappa shape index (κ2) is 15.0. The Labute approximate surface area is 302 Å². The molecule has 2 aliphatic rings. The molecule has 5 heterocycles. The molecule has 0 saturated heterocycles. The van der Waals surface area contributed by atoms with Gasteiger partial charge in [0.2, 0.25) is 11.9 Å². The van der Waals surface area contributed by atoms with Crippen LogP contribution in [-0.4, -0.2) is 56.5 Å². The zero-order valence-corrected chi connectivity index (χ0v) is 30.6. The van der Waals surface area contributed by atoms with Crippen LogP contribution in [0, 0.1) is 11.9 Å². The van der Waals surface area contributed by atoms with Crippen LogP contribution in [0.2, 0.25) is 0 Å². The fraction of sp³-hybridized carbons (Fsp3) is 0.385. The number of nitrogens with zero attached hydrogens (tertiary/aromatic N) is 4. The first-order valence-corrected chi connectivity index (χ1v) is 17.1. The maximum absolute atomic E-state index is 13.7. The maximum Gasteiger partial charge on any atom is 0.410 e. The third kappa shape index (κ3) is 9.06. The molecule has 6 rings (SSSR count). The number of carbonyl (C=O) groups is 3. The van der Waals surface area contributed by atoms with E-state index in [1.165, 1.54) is 42.4 Å². The number of hydrogen-bond acceptors (Lipinski definition) is 8. The first-order chi connectivity index (χ1) is 24.4. The van der Waals surface area contributed by atoms with Crippen LogP contribution < -0.4 is 16.0 Å². The molecule has 2 aliphatic heterocycles. The third-order valence-electron chi connectivity index (χ3n) is 8.77. The van der Waals surface area contributed by atoms with Gasteiger partial charge in [-0.3, -0.25) is 14.6 Å². The van der Waals surface area contributed by atoms with E-state index in [1.807, 2.05) is 52.8 Å². The number of anilines is 3. The smallest absolute Gasteiger partial charge is 0.410 e. The van der Waals surface area contributed by atoms with E-state index in [9.17, 15) is 23.2 Å². The Hall–Kier alpha value is -5.46. The summed E-state index contributed by atoms with van der Waals surface area (Å²) in [6, 6.07) is 13.4. The summed E-state index contributed by atoms with van der Waals surface area (Å²) in [5.74, 6) is -2.72. The number of rotatable bonds is 4. The molecule has 0 unspecified atom stereocenters. The quantitative estimate of drug-likeness (QED) is 0.182. The third-order valence-corrected chi connectivity index (χ3v) is 8.77. The topological polar surface area (TPSA) is 138 Å². The zero-order valence-electron chi connectivity index (χ0n) is 30.6. The molecule has 3 amide bonds. The van der Waals surface area contributed by atoms with Gasteiger partial charge < -0.3 is 25.6 Å². The minimum Gasteiger partial charge on any atom is -0.444 e. The van der Waals surface area contributed by atoms with Crippen molar-refractivity contribution in [3.8, 4) is 0 Å². The molecule has 0 fully saturated rings. The highest BCUT2D eigenvalue weighted by molar-refractivity contribution is 6.05. The van der Waals surface area contributed by atoms with Crippen molar-refractivity contribution in [3.05, 3.63) is 107 Å². The van der Waals surface area contributed by atoms with Crippen LogP contribution in [-0.2, 0) is 22.1 Å². The summed E-state index contributed by atoms with van der Waals surface area (Å²) in [6.07, 6.45) is 5.95. The maximum atomic E-state index is 13.7. The molecule has 13 heteroatoms. The van der Waals surface area contributed by atoms with Gasteiger partial charge in [-0.2, -0.15) is 8.78 Å². The number of aromatic nitrogens is 3. The molecule has 0 aliphatic carbocycles. The average Bonchev–Trinajstić information content (AvgIpc) is 3.21. The number of carbonyl (C=O) groups excluding carboxylic acids is 3. The monoisotopic (exact) mass is 713 g/mol. The van der Waals surface area contributed by atoms with Crippen LogP contribution in [0.15, 0.2) is 67.1 Å². The highest BCUT2D eigenvalue weighted by Crippen LogP contribution is 2.38. The molecule has 52 heavy (non-hydrogen) atoms. The molecule has 0 bridgehead atoms. The molecule has 1 aromatic carbocycles. The number of halogens is 2. The van der Waals surface area contributed by atoms with Gasteiger partial charge in [0.05, 0.1) is 35.2 Å². The fourth-order valence-corrected chi connectivity index (χ4v) is 6.33. The lowest BCUT2D eigenvalue weighted by Crippen LogP contribution is -2.47. The molecule has 274 valence electrons. The van der Waals surface area contributed by atoms with Crippen molar-refractivity contribution in [2.45, 2.75) is 84.3 Å². The van der Waals surface area contributed by atoms with Gasteiger partial charge in [0.15, 0.2) is 0 Å². The van der Waals surface area contributed by atoms with Crippen molar-refractivity contribution < 1.29 is 27.9 Å². The van der Waals surface area contributed by atoms with E-state index in [-0.39, 0.29) is 22.0 Å². The predicted octanol–water partition coefficient (Wildman–Crippen LogP) is 7.85. The van der Waals surface area contributed by atoms with E-state index in [0.717, 1.165) is 36.3 Å². The second-order valence-corrected chi connectivity index (χ2v) is 15.2. The summed E-state index contributed by atoms with van der Waals surface area (Å²) >= 11 is 0. The van der Waals surface area contributed by atoms with Gasteiger partial charge in [-0.25, -0.2) is 14.8 Å². The van der Waals surface area contributed by atoms with Crippen LogP contribution >= 0.6 is 0 Å². The van der Waals surface area contributed by atoms with Gasteiger partial charge in [0.1, 0.15) is 5.60 Å². The summed E-state index contributed by atoms with van der Waals surface area (Å²) in [7, 11) is 0. The van der Waals surface area contributed by atoms with E-state index in [0.29, 0.717) is 24.5 Å². The Kier molecular flexibility index (Phi) is 10.9. The molecule has 0 atom stereocenters. The lowest BCUT2D eigenvalue weighted by atomic mass is 9.80. The lowest BCUT2D eigenvalue weighted by Gasteiger charge is -2.39. The zero-order chi connectivity index (χ0) is 37.8. The van der Waals surface area contributed by atoms with Crippen LogP contribution in [0.3, 0.4) is 0 Å². The minimum atomic E-state index is -0.840. The van der Waals surface area contributed by atoms with Gasteiger partial charge in [0.25, 0.3) is 11.8 Å². The van der Waals surface area contributed by atoms with Crippen molar-refractivity contribution in [2.24, 2.45) is 0 Å². The molecule has 0 radical (unpaired) electrons. The van der Waals surface area contributed by atoms with E-state index >= 15 is 0 Å². The van der Waals surface area contributed by atoms with Crippen molar-refractivity contribution in [2.75, 3.05) is 29.0 Å². The van der Waals surface area contributed by atoms with E-state index in [1.54, 1.807) is 17.0 Å². The average molecular weight is 714 g/mol. The Morgan fingerprint density at radius 1 is 0.846 bits per heavy atom. The Morgan fingerprint density at radius 2 is 1.46 bits per heavy atom. The predicted molar refractivity (Wildman–Crippen MR) is 195 cm³/mol. The first kappa shape index (κ1) is 37.8. The molecule has 3 N–H and O–H groups in total. The molecule has 3 aromatic heterocycles. The van der Waals surface area contributed by atoms with Gasteiger partial charge in [0, 0.05) is 42.3 Å². The number of benzene rings is 1. The molecule has 0 saturated carbocycles. The normalized spacial score (nSPS) is 15.7. The van der Waals surface area contributed by atoms with Gasteiger partial charge >= 0.3 is 6.09 Å². The van der Waals surface area contributed by atoms with Crippen molar-refractivity contribution in [3.63, 3.8) is 0 Å². The van der Waals surface area contributed by atoms with Crippen LogP contribution in [0.1, 0.15) is 98.8 Å². The van der Waals surface area contributed by atoms with Crippen LogP contribution in [0.4, 0.5) is 30.6 Å². The number of amides is 3. The second-order valence-electron chi connectivity index (χ2n) is 15.2. The van der Waals surface area contributed by atoms with Gasteiger partial charge in [-0.1, -0.05) is 33.8 Å². The van der Waals surface area contributed by atoms with Crippen molar-refractivity contribution in [1.82, 2.24) is 19.9 Å². The number of hydrogen-bond donors (Lipinski definition) is 3. The van der Waals surface area contributed by atoms with Crippen LogP contribution in [0.5, 0.6) is 0 Å². The highest BCUT2D eigenvalue weighted by atomic mass is 19.1. The number of pyridine rings is 3. The van der Waals surface area contributed by atoms with E-state index in [4.69, 9.17) is 4.74 Å². The fourth-order valence-electron chi connectivity index (χ4n) is 6.33. The van der Waals surface area contributed by atoms with E-state index < -0.39 is 35.4 Å². The Bertz CT molecular complexity index is 1980. The Morgan fingerprint density at radius 3 is 2.06 bits per heavy atom. The summed E-state index contributed by atoms with van der Waals surface area (Å²) in [5, 5.41) is 8.79. The SMILES string of the molecule is CC(C)(C)OC(=O)N1Cc2cc(NC(=O)c3cccnc3F)cnc2C(C)(C)C1.CC1(C)CCCNc2cc(NC(=O)c3cccnc3F)ccc21. The summed E-state index contributed by atoms with van der Waals surface area (Å²) in [4.78, 5) is 50.2. The number of ether oxygens (including phenoxy) is 1. The summed E-state index contributed by atoms with van der Waals surface area (Å²) in [6.45, 7) is 15.6. The number of nitrogens with one attached hydrogen (secondary N) is 3. The Balaban J connectivity index is 0.000000206. The standard InChI is InChI=1S/C21H25FN4O3.C18H20FN3O/c1-20(2,3)29-19(28)26-11-13-9-14(10-24-16(13)21(4,5)12-26)25-18(27)15-7-6-8-23-17(15)22;1-18(2)8-4-10-20-15-11-12(6-7-14(15)18)22-17(23)13-5-3-9-21-16(13)19/h6-10H,11-12H2,1-5H3,(H,25,27);3,5-7,9,11,20H,4,8,10H2,1-2H3,(H,22,23). The van der Waals surface area contributed by atoms with Crippen molar-refractivity contribution in [1.29, 1.82) is 0 Å². The molecule has 11 nitrogen and oxygen atoms in total. The highest BCUT2D eigenvalue weighted by Gasteiger charge is 2.37. The molecular formula is C39H45F2N7O4. The first-order valence-electron chi connectivity index (χ1n) is 17.1. The minimum absolute atomic E-state index is 0.0595. The molecule has 4 aromatic rings. The number of fused-ring (bicyclic) bond motifs is 2. The van der Waals surface area contributed by atoms with Gasteiger partial charge in [-0.15, -0.1) is 0 Å². The summed E-state index contributed by atoms with van der Waals surface area (Å²) < 4.78 is 32.8.